The first-order valence-corrected chi connectivity index (χ1v) is 6.50. The predicted octanol–water partition coefficient (Wildman–Crippen LogP) is -0.481. The average Bonchev–Trinajstić information content (AvgIpc) is 2.94. The minimum absolute atomic E-state index is 0.144. The molecule has 2 rings (SSSR count). The van der Waals surface area contributed by atoms with Crippen molar-refractivity contribution < 1.29 is 19.8 Å². The van der Waals surface area contributed by atoms with Gasteiger partial charge in [0.1, 0.15) is 6.04 Å². The quantitative estimate of drug-likeness (QED) is 0.710. The Bertz CT molecular complexity index is 328. The summed E-state index contributed by atoms with van der Waals surface area (Å²) < 4.78 is 0. The van der Waals surface area contributed by atoms with Gasteiger partial charge in [-0.2, -0.15) is 0 Å². The van der Waals surface area contributed by atoms with Crippen LogP contribution in [0, 0.1) is 0 Å². The van der Waals surface area contributed by atoms with E-state index < -0.39 is 18.1 Å². The summed E-state index contributed by atoms with van der Waals surface area (Å²) in [6.07, 6.45) is 2.13. The molecule has 0 unspecified atom stereocenters. The van der Waals surface area contributed by atoms with Crippen molar-refractivity contribution in [3.8, 4) is 0 Å². The number of β-amino-alcohol motifs (C(OH)–C–C–N with tert-alkyl or cyclic N) is 1. The zero-order chi connectivity index (χ0) is 13.1. The normalized spacial score (nSPS) is 28.8. The lowest BCUT2D eigenvalue weighted by Crippen LogP contribution is -2.41. The maximum absolute atomic E-state index is 12.0. The number of aliphatic hydroxyl groups excluding tert-OH is 1. The van der Waals surface area contributed by atoms with E-state index in [0.717, 1.165) is 13.1 Å². The smallest absolute Gasteiger partial charge is 0.326 e. The molecule has 2 heterocycles. The molecule has 0 bridgehead atoms. The Morgan fingerprint density at radius 1 is 1.22 bits per heavy atom. The van der Waals surface area contributed by atoms with E-state index in [1.54, 1.807) is 0 Å². The molecule has 1 amide bonds. The van der Waals surface area contributed by atoms with Gasteiger partial charge >= 0.3 is 5.97 Å². The third-order valence-electron chi connectivity index (χ3n) is 3.72. The van der Waals surface area contributed by atoms with Crippen LogP contribution in [-0.4, -0.2) is 70.2 Å². The third kappa shape index (κ3) is 3.00. The molecule has 0 saturated carbocycles. The van der Waals surface area contributed by atoms with Crippen molar-refractivity contribution in [1.29, 1.82) is 0 Å². The molecule has 18 heavy (non-hydrogen) atoms. The molecule has 2 fully saturated rings. The summed E-state index contributed by atoms with van der Waals surface area (Å²) in [6.45, 7) is 2.89. The van der Waals surface area contributed by atoms with E-state index in [0.29, 0.717) is 13.0 Å². The molecule has 0 aromatic carbocycles. The molecular weight excluding hydrogens is 236 g/mol. The molecule has 2 atom stereocenters. The zero-order valence-electron chi connectivity index (χ0n) is 10.4. The maximum Gasteiger partial charge on any atom is 0.326 e. The summed E-state index contributed by atoms with van der Waals surface area (Å²) in [4.78, 5) is 26.5. The highest BCUT2D eigenvalue weighted by Gasteiger charge is 2.38. The highest BCUT2D eigenvalue weighted by atomic mass is 16.4. The fraction of sp³-hybridized carbons (Fsp3) is 0.833. The van der Waals surface area contributed by atoms with Crippen molar-refractivity contribution in [2.45, 2.75) is 37.8 Å². The minimum Gasteiger partial charge on any atom is -0.480 e. The minimum atomic E-state index is -1.03. The molecule has 2 saturated heterocycles. The van der Waals surface area contributed by atoms with Crippen LogP contribution in [0.15, 0.2) is 0 Å². The van der Waals surface area contributed by atoms with Crippen molar-refractivity contribution in [3.63, 3.8) is 0 Å². The number of aliphatic hydroxyl groups is 1. The number of carbonyl (C=O) groups is 2. The number of hydrogen-bond donors (Lipinski definition) is 2. The van der Waals surface area contributed by atoms with Gasteiger partial charge in [0.2, 0.25) is 5.91 Å². The Balaban J connectivity index is 1.85. The molecule has 0 aromatic heterocycles. The van der Waals surface area contributed by atoms with Crippen molar-refractivity contribution in [3.05, 3.63) is 0 Å². The number of aliphatic carboxylic acids is 1. The second-order valence-corrected chi connectivity index (χ2v) is 5.09. The first kappa shape index (κ1) is 13.3. The van der Waals surface area contributed by atoms with E-state index in [9.17, 15) is 14.7 Å². The first-order chi connectivity index (χ1) is 8.58. The van der Waals surface area contributed by atoms with Crippen LogP contribution in [0.5, 0.6) is 0 Å². The van der Waals surface area contributed by atoms with E-state index in [2.05, 4.69) is 4.90 Å². The molecule has 6 nitrogen and oxygen atoms in total. The van der Waals surface area contributed by atoms with Crippen LogP contribution in [0.4, 0.5) is 0 Å². The average molecular weight is 256 g/mol. The van der Waals surface area contributed by atoms with Gasteiger partial charge in [-0.3, -0.25) is 4.79 Å². The van der Waals surface area contributed by atoms with E-state index >= 15 is 0 Å². The molecule has 2 N–H and O–H groups in total. The Hall–Kier alpha value is -1.14. The molecule has 102 valence electrons. The lowest BCUT2D eigenvalue weighted by Gasteiger charge is -2.22. The molecule has 0 aliphatic carbocycles. The molecular formula is C12H20N2O4. The Morgan fingerprint density at radius 3 is 2.50 bits per heavy atom. The van der Waals surface area contributed by atoms with Crippen LogP contribution in [0.3, 0.4) is 0 Å². The number of carboxylic acid groups (broad SMARTS) is 1. The maximum atomic E-state index is 12.0. The van der Waals surface area contributed by atoms with Crippen molar-refractivity contribution in [1.82, 2.24) is 9.80 Å². The molecule has 2 aliphatic heterocycles. The molecule has 0 spiro atoms. The van der Waals surface area contributed by atoms with Crippen molar-refractivity contribution in [2.24, 2.45) is 0 Å². The summed E-state index contributed by atoms with van der Waals surface area (Å²) in [5.41, 5.74) is 0. The van der Waals surface area contributed by atoms with E-state index in [1.165, 1.54) is 17.7 Å². The van der Waals surface area contributed by atoms with Gasteiger partial charge in [-0.25, -0.2) is 4.79 Å². The lowest BCUT2D eigenvalue weighted by atomic mass is 10.2. The topological polar surface area (TPSA) is 81.1 Å². The number of carbonyl (C=O) groups excluding carboxylic acids is 1. The Morgan fingerprint density at radius 2 is 1.89 bits per heavy atom. The van der Waals surface area contributed by atoms with Crippen molar-refractivity contribution >= 4 is 11.9 Å². The lowest BCUT2D eigenvalue weighted by molar-refractivity contribution is -0.148. The number of likely N-dealkylation sites (tertiary alicyclic amines) is 2. The fourth-order valence-corrected chi connectivity index (χ4v) is 2.73. The number of nitrogens with zero attached hydrogens (tertiary/aromatic N) is 2. The first-order valence-electron chi connectivity index (χ1n) is 6.50. The second kappa shape index (κ2) is 5.67. The summed E-state index contributed by atoms with van der Waals surface area (Å²) in [6, 6.07) is -0.855. The third-order valence-corrected chi connectivity index (χ3v) is 3.72. The highest BCUT2D eigenvalue weighted by molar-refractivity contribution is 5.84. The largest absolute Gasteiger partial charge is 0.480 e. The van der Waals surface area contributed by atoms with Gasteiger partial charge in [0.05, 0.1) is 6.10 Å². The summed E-state index contributed by atoms with van der Waals surface area (Å²) >= 11 is 0. The highest BCUT2D eigenvalue weighted by Crippen LogP contribution is 2.19. The monoisotopic (exact) mass is 256 g/mol. The van der Waals surface area contributed by atoms with E-state index in [-0.39, 0.29) is 18.9 Å². The molecule has 0 aromatic rings. The predicted molar refractivity (Wildman–Crippen MR) is 64.1 cm³/mol. The van der Waals surface area contributed by atoms with Gasteiger partial charge in [0.15, 0.2) is 0 Å². The molecule has 0 radical (unpaired) electrons. The van der Waals surface area contributed by atoms with Gasteiger partial charge in [0.25, 0.3) is 0 Å². The van der Waals surface area contributed by atoms with Crippen molar-refractivity contribution in [2.75, 3.05) is 26.2 Å². The van der Waals surface area contributed by atoms with Crippen LogP contribution in [0.2, 0.25) is 0 Å². The summed E-state index contributed by atoms with van der Waals surface area (Å²) in [7, 11) is 0. The van der Waals surface area contributed by atoms with E-state index in [4.69, 9.17) is 5.11 Å². The Kier molecular flexibility index (Phi) is 4.19. The second-order valence-electron chi connectivity index (χ2n) is 5.09. The van der Waals surface area contributed by atoms with Gasteiger partial charge in [0, 0.05) is 25.9 Å². The summed E-state index contributed by atoms with van der Waals surface area (Å²) in [5, 5.41) is 18.5. The number of hydrogen-bond acceptors (Lipinski definition) is 4. The van der Waals surface area contributed by atoms with Crippen LogP contribution < -0.4 is 0 Å². The van der Waals surface area contributed by atoms with Crippen LogP contribution in [0.1, 0.15) is 25.7 Å². The van der Waals surface area contributed by atoms with Crippen LogP contribution in [0.25, 0.3) is 0 Å². The molecule has 2 aliphatic rings. The van der Waals surface area contributed by atoms with E-state index in [1.807, 2.05) is 0 Å². The number of amides is 1. The SMILES string of the molecule is O=C(O)[C@@H]1C[C@H](O)CN1C(=O)CCN1CCCC1. The molecule has 6 heteroatoms. The summed E-state index contributed by atoms with van der Waals surface area (Å²) in [5.74, 6) is -1.19. The number of rotatable bonds is 4. The van der Waals surface area contributed by atoms with Gasteiger partial charge in [-0.15, -0.1) is 0 Å². The van der Waals surface area contributed by atoms with Gasteiger partial charge in [-0.1, -0.05) is 0 Å². The van der Waals surface area contributed by atoms with Gasteiger partial charge in [-0.05, 0) is 25.9 Å². The Labute approximate surface area is 106 Å². The van der Waals surface area contributed by atoms with Crippen LogP contribution in [-0.2, 0) is 9.59 Å². The number of carboxylic acids is 1. The standard InChI is InChI=1S/C12H20N2O4/c15-9-7-10(12(17)18)14(8-9)11(16)3-6-13-4-1-2-5-13/h9-10,15H,1-8H2,(H,17,18)/t9-,10-/m0/s1. The fourth-order valence-electron chi connectivity index (χ4n) is 2.73. The zero-order valence-corrected chi connectivity index (χ0v) is 10.4. The van der Waals surface area contributed by atoms with Gasteiger partial charge < -0.3 is 20.0 Å². The van der Waals surface area contributed by atoms with Crippen LogP contribution >= 0.6 is 0 Å².